The standard InChI is InChI=1S/C26H20FN5O4S/c27-22-4-2-1-3-19(22)26(34)30-16-7-5-15-6-12-20-23(14-24(28)33)31-32(25(20)21(15)13-16)17-8-10-18(11-9-17)37(29,35)36/h1-13H,14H2,(H2,28,33)(H,30,34)(H2,29,35,36). The Morgan fingerprint density at radius 3 is 2.32 bits per heavy atom. The molecule has 0 atom stereocenters. The second-order valence-electron chi connectivity index (χ2n) is 8.37. The van der Waals surface area contributed by atoms with Gasteiger partial charge in [-0.25, -0.2) is 22.6 Å². The summed E-state index contributed by atoms with van der Waals surface area (Å²) in [6.45, 7) is 0. The summed E-state index contributed by atoms with van der Waals surface area (Å²) < 4.78 is 39.0. The first kappa shape index (κ1) is 24.1. The lowest BCUT2D eigenvalue weighted by Gasteiger charge is -2.10. The van der Waals surface area contributed by atoms with Crippen molar-refractivity contribution in [1.82, 2.24) is 9.78 Å². The predicted octanol–water partition coefficient (Wildman–Crippen LogP) is 3.25. The minimum absolute atomic E-state index is 0.0620. The average molecular weight is 518 g/mol. The first-order chi connectivity index (χ1) is 17.6. The van der Waals surface area contributed by atoms with Gasteiger partial charge < -0.3 is 11.1 Å². The highest BCUT2D eigenvalue weighted by molar-refractivity contribution is 7.89. The van der Waals surface area contributed by atoms with E-state index >= 15 is 0 Å². The van der Waals surface area contributed by atoms with Gasteiger partial charge in [-0.2, -0.15) is 5.10 Å². The molecule has 1 heterocycles. The molecule has 11 heteroatoms. The summed E-state index contributed by atoms with van der Waals surface area (Å²) in [5, 5.41) is 14.7. The van der Waals surface area contributed by atoms with Crippen LogP contribution in [0, 0.1) is 5.82 Å². The SMILES string of the molecule is NC(=O)Cc1nn(-c2ccc(S(N)(=O)=O)cc2)c2c1ccc1ccc(NC(=O)c3ccccc3F)cc12. The summed E-state index contributed by atoms with van der Waals surface area (Å²) in [6.07, 6.45) is -0.117. The van der Waals surface area contributed by atoms with Crippen molar-refractivity contribution in [2.75, 3.05) is 5.32 Å². The van der Waals surface area contributed by atoms with Gasteiger partial charge in [0.05, 0.1) is 33.8 Å². The molecule has 0 unspecified atom stereocenters. The van der Waals surface area contributed by atoms with Gasteiger partial charge in [0, 0.05) is 16.5 Å². The normalized spacial score (nSPS) is 11.6. The van der Waals surface area contributed by atoms with E-state index in [1.807, 2.05) is 12.1 Å². The number of nitrogens with zero attached hydrogens (tertiary/aromatic N) is 2. The molecular weight excluding hydrogens is 497 g/mol. The topological polar surface area (TPSA) is 150 Å². The van der Waals surface area contributed by atoms with Crippen LogP contribution in [-0.2, 0) is 21.2 Å². The molecule has 5 aromatic rings. The van der Waals surface area contributed by atoms with E-state index in [9.17, 15) is 22.4 Å². The van der Waals surface area contributed by atoms with Crippen LogP contribution in [0.4, 0.5) is 10.1 Å². The van der Waals surface area contributed by atoms with Crippen LogP contribution in [0.25, 0.3) is 27.4 Å². The molecule has 0 aliphatic heterocycles. The van der Waals surface area contributed by atoms with Crippen LogP contribution in [0.5, 0.6) is 0 Å². The third-order valence-corrected chi connectivity index (χ3v) is 6.79. The van der Waals surface area contributed by atoms with Crippen molar-refractivity contribution in [1.29, 1.82) is 0 Å². The number of rotatable bonds is 6. The smallest absolute Gasteiger partial charge is 0.258 e. The molecule has 5 N–H and O–H groups in total. The number of nitrogens with one attached hydrogen (secondary N) is 1. The minimum Gasteiger partial charge on any atom is -0.369 e. The van der Waals surface area contributed by atoms with Crippen LogP contribution >= 0.6 is 0 Å². The van der Waals surface area contributed by atoms with E-state index in [1.54, 1.807) is 41.1 Å². The molecule has 4 aromatic carbocycles. The van der Waals surface area contributed by atoms with Gasteiger partial charge in [-0.1, -0.05) is 30.3 Å². The first-order valence-electron chi connectivity index (χ1n) is 11.0. The first-order valence-corrected chi connectivity index (χ1v) is 12.6. The molecule has 9 nitrogen and oxygen atoms in total. The van der Waals surface area contributed by atoms with E-state index in [4.69, 9.17) is 10.9 Å². The molecule has 0 aliphatic rings. The van der Waals surface area contributed by atoms with E-state index < -0.39 is 27.7 Å². The van der Waals surface area contributed by atoms with Crippen molar-refractivity contribution >= 4 is 49.2 Å². The fourth-order valence-electron chi connectivity index (χ4n) is 4.17. The molecule has 0 radical (unpaired) electrons. The third-order valence-electron chi connectivity index (χ3n) is 5.86. The number of anilines is 1. The number of halogens is 1. The fourth-order valence-corrected chi connectivity index (χ4v) is 4.69. The van der Waals surface area contributed by atoms with Crippen molar-refractivity contribution in [3.8, 4) is 5.69 Å². The summed E-state index contributed by atoms with van der Waals surface area (Å²) in [5.74, 6) is -1.81. The molecule has 5 rings (SSSR count). The molecule has 186 valence electrons. The summed E-state index contributed by atoms with van der Waals surface area (Å²) in [4.78, 5) is 24.3. The van der Waals surface area contributed by atoms with Crippen LogP contribution in [0.2, 0.25) is 0 Å². The number of amides is 2. The highest BCUT2D eigenvalue weighted by Crippen LogP contribution is 2.32. The van der Waals surface area contributed by atoms with E-state index in [0.717, 1.165) is 5.39 Å². The van der Waals surface area contributed by atoms with Crippen molar-refractivity contribution < 1.29 is 22.4 Å². The van der Waals surface area contributed by atoms with Crippen LogP contribution in [0.1, 0.15) is 16.1 Å². The number of nitrogens with two attached hydrogens (primary N) is 2. The molecule has 0 spiro atoms. The lowest BCUT2D eigenvalue weighted by Crippen LogP contribution is -2.14. The Kier molecular flexibility index (Phi) is 5.94. The summed E-state index contributed by atoms with van der Waals surface area (Å²) >= 11 is 0. The maximum Gasteiger partial charge on any atom is 0.258 e. The van der Waals surface area contributed by atoms with Crippen LogP contribution in [0.15, 0.2) is 83.8 Å². The Morgan fingerprint density at radius 1 is 0.946 bits per heavy atom. The van der Waals surface area contributed by atoms with Gasteiger partial charge in [0.1, 0.15) is 5.82 Å². The lowest BCUT2D eigenvalue weighted by molar-refractivity contribution is -0.117. The average Bonchev–Trinajstić information content (AvgIpc) is 3.22. The number of benzene rings is 4. The number of fused-ring (bicyclic) bond motifs is 3. The van der Waals surface area contributed by atoms with Crippen molar-refractivity contribution in [2.24, 2.45) is 10.9 Å². The molecular formula is C26H20FN5O4S. The number of carbonyl (C=O) groups is 2. The van der Waals surface area contributed by atoms with Gasteiger partial charge in [-0.3, -0.25) is 9.59 Å². The third kappa shape index (κ3) is 4.65. The summed E-state index contributed by atoms with van der Waals surface area (Å²) in [6, 6.07) is 20.3. The van der Waals surface area contributed by atoms with Gasteiger partial charge in [0.25, 0.3) is 5.91 Å². The highest BCUT2D eigenvalue weighted by Gasteiger charge is 2.18. The molecule has 0 aliphatic carbocycles. The minimum atomic E-state index is -3.89. The number of carbonyl (C=O) groups excluding carboxylic acids is 2. The Labute approximate surface area is 210 Å². The molecule has 2 amide bonds. The van der Waals surface area contributed by atoms with Gasteiger partial charge in [-0.15, -0.1) is 0 Å². The number of hydrogen-bond donors (Lipinski definition) is 3. The predicted molar refractivity (Wildman–Crippen MR) is 137 cm³/mol. The van der Waals surface area contributed by atoms with Crippen LogP contribution in [-0.4, -0.2) is 30.0 Å². The molecule has 0 saturated heterocycles. The monoisotopic (exact) mass is 517 g/mol. The summed E-state index contributed by atoms with van der Waals surface area (Å²) in [5.41, 5.74) is 7.33. The van der Waals surface area contributed by atoms with Gasteiger partial charge >= 0.3 is 0 Å². The van der Waals surface area contributed by atoms with E-state index in [-0.39, 0.29) is 16.9 Å². The zero-order valence-electron chi connectivity index (χ0n) is 19.2. The molecule has 0 fully saturated rings. The van der Waals surface area contributed by atoms with E-state index in [1.165, 1.54) is 30.3 Å². The van der Waals surface area contributed by atoms with Crippen LogP contribution in [0.3, 0.4) is 0 Å². The number of primary sulfonamides is 1. The fraction of sp³-hybridized carbons (Fsp3) is 0.0385. The quantitative estimate of drug-likeness (QED) is 0.316. The molecule has 37 heavy (non-hydrogen) atoms. The number of primary amides is 1. The van der Waals surface area contributed by atoms with Crippen molar-refractivity contribution in [2.45, 2.75) is 11.3 Å². The zero-order valence-corrected chi connectivity index (χ0v) is 20.0. The Bertz CT molecular complexity index is 1810. The Balaban J connectivity index is 1.68. The number of hydrogen-bond acceptors (Lipinski definition) is 5. The van der Waals surface area contributed by atoms with E-state index in [2.05, 4.69) is 10.4 Å². The van der Waals surface area contributed by atoms with Crippen LogP contribution < -0.4 is 16.2 Å². The van der Waals surface area contributed by atoms with Gasteiger partial charge in [0.2, 0.25) is 15.9 Å². The second kappa shape index (κ2) is 9.12. The zero-order chi connectivity index (χ0) is 26.3. The largest absolute Gasteiger partial charge is 0.369 e. The lowest BCUT2D eigenvalue weighted by atomic mass is 10.0. The van der Waals surface area contributed by atoms with Crippen molar-refractivity contribution in [3.63, 3.8) is 0 Å². The number of aromatic nitrogens is 2. The molecule has 0 bridgehead atoms. The maximum atomic E-state index is 14.1. The highest BCUT2D eigenvalue weighted by atomic mass is 32.2. The van der Waals surface area contributed by atoms with Gasteiger partial charge in [-0.05, 0) is 53.9 Å². The molecule has 0 saturated carbocycles. The Morgan fingerprint density at radius 2 is 1.65 bits per heavy atom. The second-order valence-corrected chi connectivity index (χ2v) is 9.93. The molecule has 1 aromatic heterocycles. The number of sulfonamides is 1. The van der Waals surface area contributed by atoms with Crippen molar-refractivity contribution in [3.05, 3.63) is 95.9 Å². The maximum absolute atomic E-state index is 14.1. The van der Waals surface area contributed by atoms with E-state index in [0.29, 0.717) is 33.4 Å². The Hall–Kier alpha value is -4.61. The van der Waals surface area contributed by atoms with Gasteiger partial charge in [0.15, 0.2) is 0 Å². The summed E-state index contributed by atoms with van der Waals surface area (Å²) in [7, 11) is -3.89.